The lowest BCUT2D eigenvalue weighted by Crippen LogP contribution is -2.20. The van der Waals surface area contributed by atoms with E-state index >= 15 is 0 Å². The van der Waals surface area contributed by atoms with E-state index in [1.54, 1.807) is 0 Å². The molecule has 1 aliphatic rings. The molecule has 0 unspecified atom stereocenters. The Labute approximate surface area is 78.2 Å². The van der Waals surface area contributed by atoms with Gasteiger partial charge in [-0.15, -0.1) is 0 Å². The van der Waals surface area contributed by atoms with Gasteiger partial charge in [0.05, 0.1) is 6.67 Å². The van der Waals surface area contributed by atoms with Gasteiger partial charge in [-0.05, 0) is 11.6 Å². The molecule has 0 saturated carbocycles. The molecule has 1 aromatic rings. The first-order chi connectivity index (χ1) is 6.42. The standard InChI is InChI=1S/C11H12N2/c1-2-10-5-3-4-6-11(10)13-8-7-12-9-13/h2-8,12H,1,9H2. The summed E-state index contributed by atoms with van der Waals surface area (Å²) in [5.41, 5.74) is 2.36. The number of hydrogen-bond donors (Lipinski definition) is 1. The number of nitrogens with one attached hydrogen (secondary N) is 1. The van der Waals surface area contributed by atoms with E-state index < -0.39 is 0 Å². The molecule has 1 aliphatic heterocycles. The second kappa shape index (κ2) is 3.35. The summed E-state index contributed by atoms with van der Waals surface area (Å²) >= 11 is 0. The minimum absolute atomic E-state index is 0.838. The van der Waals surface area contributed by atoms with E-state index in [0.29, 0.717) is 0 Å². The van der Waals surface area contributed by atoms with Crippen LogP contribution < -0.4 is 10.2 Å². The number of anilines is 1. The van der Waals surface area contributed by atoms with Crippen molar-refractivity contribution in [3.8, 4) is 0 Å². The van der Waals surface area contributed by atoms with Gasteiger partial charge in [0.15, 0.2) is 0 Å². The van der Waals surface area contributed by atoms with Gasteiger partial charge in [-0.2, -0.15) is 0 Å². The van der Waals surface area contributed by atoms with Crippen LogP contribution in [-0.4, -0.2) is 6.67 Å². The average Bonchev–Trinajstić information content (AvgIpc) is 2.70. The molecule has 13 heavy (non-hydrogen) atoms. The normalized spacial score (nSPS) is 14.3. The van der Waals surface area contributed by atoms with Gasteiger partial charge in [-0.25, -0.2) is 0 Å². The summed E-state index contributed by atoms with van der Waals surface area (Å²) in [4.78, 5) is 2.15. The van der Waals surface area contributed by atoms with Gasteiger partial charge in [0.2, 0.25) is 0 Å². The molecule has 0 bridgehead atoms. The van der Waals surface area contributed by atoms with Crippen molar-refractivity contribution in [1.29, 1.82) is 0 Å². The minimum atomic E-state index is 0.838. The van der Waals surface area contributed by atoms with Crippen molar-refractivity contribution >= 4 is 11.8 Å². The van der Waals surface area contributed by atoms with Gasteiger partial charge in [0, 0.05) is 18.1 Å². The smallest absolute Gasteiger partial charge is 0.0916 e. The van der Waals surface area contributed by atoms with Crippen LogP contribution in [0.15, 0.2) is 43.2 Å². The molecule has 1 N–H and O–H groups in total. The van der Waals surface area contributed by atoms with Crippen LogP contribution in [-0.2, 0) is 0 Å². The highest BCUT2D eigenvalue weighted by Gasteiger charge is 2.08. The maximum absolute atomic E-state index is 3.79. The molecule has 0 spiro atoms. The molecule has 1 aromatic carbocycles. The predicted molar refractivity (Wildman–Crippen MR) is 56.2 cm³/mol. The summed E-state index contributed by atoms with van der Waals surface area (Å²) in [6, 6.07) is 8.21. The lowest BCUT2D eigenvalue weighted by molar-refractivity contribution is 0.900. The van der Waals surface area contributed by atoms with Crippen LogP contribution in [0.4, 0.5) is 5.69 Å². The third-order valence-electron chi connectivity index (χ3n) is 2.10. The van der Waals surface area contributed by atoms with Gasteiger partial charge in [0.25, 0.3) is 0 Å². The number of nitrogens with zero attached hydrogens (tertiary/aromatic N) is 1. The Morgan fingerprint density at radius 2 is 2.23 bits per heavy atom. The zero-order valence-corrected chi connectivity index (χ0v) is 7.40. The third kappa shape index (κ3) is 1.43. The third-order valence-corrected chi connectivity index (χ3v) is 2.10. The lowest BCUT2D eigenvalue weighted by Gasteiger charge is -2.17. The van der Waals surface area contributed by atoms with Crippen LogP contribution in [0.1, 0.15) is 5.56 Å². The molecule has 2 nitrogen and oxygen atoms in total. The van der Waals surface area contributed by atoms with E-state index in [4.69, 9.17) is 0 Å². The summed E-state index contributed by atoms with van der Waals surface area (Å²) in [5.74, 6) is 0. The molecular weight excluding hydrogens is 160 g/mol. The monoisotopic (exact) mass is 172 g/mol. The van der Waals surface area contributed by atoms with Crippen LogP contribution in [0.3, 0.4) is 0 Å². The molecule has 0 radical (unpaired) electrons. The summed E-state index contributed by atoms with van der Waals surface area (Å²) in [7, 11) is 0. The average molecular weight is 172 g/mol. The molecule has 0 atom stereocenters. The molecule has 2 heteroatoms. The molecule has 2 rings (SSSR count). The highest BCUT2D eigenvalue weighted by atomic mass is 15.2. The Bertz CT molecular complexity index is 342. The Hall–Kier alpha value is -1.70. The van der Waals surface area contributed by atoms with E-state index in [-0.39, 0.29) is 0 Å². The van der Waals surface area contributed by atoms with E-state index in [0.717, 1.165) is 12.2 Å². The maximum atomic E-state index is 3.79. The van der Waals surface area contributed by atoms with Crippen LogP contribution in [0.5, 0.6) is 0 Å². The van der Waals surface area contributed by atoms with Crippen molar-refractivity contribution in [2.45, 2.75) is 0 Å². The van der Waals surface area contributed by atoms with E-state index in [1.807, 2.05) is 30.6 Å². The van der Waals surface area contributed by atoms with Crippen LogP contribution in [0, 0.1) is 0 Å². The number of rotatable bonds is 2. The molecule has 0 aromatic heterocycles. The van der Waals surface area contributed by atoms with Crippen LogP contribution in [0.25, 0.3) is 6.08 Å². The van der Waals surface area contributed by atoms with Crippen molar-refractivity contribution in [2.75, 3.05) is 11.6 Å². The zero-order chi connectivity index (χ0) is 9.10. The SMILES string of the molecule is C=Cc1ccccc1N1C=CNC1. The first-order valence-electron chi connectivity index (χ1n) is 4.30. The Morgan fingerprint density at radius 1 is 1.38 bits per heavy atom. The Morgan fingerprint density at radius 3 is 2.92 bits per heavy atom. The van der Waals surface area contributed by atoms with Gasteiger partial charge in [-0.3, -0.25) is 0 Å². The number of hydrogen-bond acceptors (Lipinski definition) is 2. The van der Waals surface area contributed by atoms with Gasteiger partial charge in [0.1, 0.15) is 0 Å². The summed E-state index contributed by atoms with van der Waals surface area (Å²) in [6.45, 7) is 4.63. The Kier molecular flexibility index (Phi) is 2.04. The molecule has 0 saturated heterocycles. The van der Waals surface area contributed by atoms with Crippen molar-refractivity contribution in [3.05, 3.63) is 48.8 Å². The summed E-state index contributed by atoms with van der Waals surface area (Å²) in [5, 5.41) is 3.13. The van der Waals surface area contributed by atoms with Crippen molar-refractivity contribution < 1.29 is 0 Å². The summed E-state index contributed by atoms with van der Waals surface area (Å²) < 4.78 is 0. The van der Waals surface area contributed by atoms with Crippen LogP contribution in [0.2, 0.25) is 0 Å². The molecule has 0 aliphatic carbocycles. The first kappa shape index (κ1) is 7.92. The van der Waals surface area contributed by atoms with Crippen LogP contribution >= 0.6 is 0 Å². The zero-order valence-electron chi connectivity index (χ0n) is 7.40. The van der Waals surface area contributed by atoms with E-state index in [2.05, 4.69) is 28.9 Å². The van der Waals surface area contributed by atoms with Crippen molar-refractivity contribution in [3.63, 3.8) is 0 Å². The second-order valence-electron chi connectivity index (χ2n) is 2.91. The molecular formula is C11H12N2. The van der Waals surface area contributed by atoms with Gasteiger partial charge >= 0.3 is 0 Å². The largest absolute Gasteiger partial charge is 0.372 e. The van der Waals surface area contributed by atoms with Gasteiger partial charge in [-0.1, -0.05) is 30.9 Å². The fourth-order valence-electron chi connectivity index (χ4n) is 1.43. The number of benzene rings is 1. The van der Waals surface area contributed by atoms with E-state index in [1.165, 1.54) is 5.69 Å². The predicted octanol–water partition coefficient (Wildman–Crippen LogP) is 2.17. The lowest BCUT2D eigenvalue weighted by atomic mass is 10.1. The molecule has 1 heterocycles. The fourth-order valence-corrected chi connectivity index (χ4v) is 1.43. The number of para-hydroxylation sites is 1. The first-order valence-corrected chi connectivity index (χ1v) is 4.30. The fraction of sp³-hybridized carbons (Fsp3) is 0.0909. The topological polar surface area (TPSA) is 15.3 Å². The highest BCUT2D eigenvalue weighted by Crippen LogP contribution is 2.22. The maximum Gasteiger partial charge on any atom is 0.0916 e. The molecule has 66 valence electrons. The van der Waals surface area contributed by atoms with Crippen molar-refractivity contribution in [2.24, 2.45) is 0 Å². The van der Waals surface area contributed by atoms with Crippen molar-refractivity contribution in [1.82, 2.24) is 5.32 Å². The Balaban J connectivity index is 2.37. The minimum Gasteiger partial charge on any atom is -0.372 e. The molecule has 0 fully saturated rings. The molecule has 0 amide bonds. The quantitative estimate of drug-likeness (QED) is 0.735. The summed E-state index contributed by atoms with van der Waals surface area (Å²) in [6.07, 6.45) is 5.85. The highest BCUT2D eigenvalue weighted by molar-refractivity contribution is 5.68. The second-order valence-corrected chi connectivity index (χ2v) is 2.91. The van der Waals surface area contributed by atoms with E-state index in [9.17, 15) is 0 Å². The van der Waals surface area contributed by atoms with Gasteiger partial charge < -0.3 is 10.2 Å².